The molecule has 0 aliphatic heterocycles. The van der Waals surface area contributed by atoms with Gasteiger partial charge >= 0.3 is 0 Å². The number of halogens is 3. The molecule has 112 valence electrons. The number of carbonyl (C=O) groups is 1. The van der Waals surface area contributed by atoms with Crippen LogP contribution in [0.25, 0.3) is 0 Å². The SMILES string of the molecule is O=Cc1ccc(OCCF)c(OCCF)c1OCCF. The second-order valence-electron chi connectivity index (χ2n) is 3.54. The Kier molecular flexibility index (Phi) is 7.31. The Morgan fingerprint density at radius 3 is 1.95 bits per heavy atom. The maximum absolute atomic E-state index is 12.2. The van der Waals surface area contributed by atoms with E-state index in [1.54, 1.807) is 0 Å². The zero-order valence-electron chi connectivity index (χ0n) is 10.7. The fourth-order valence-corrected chi connectivity index (χ4v) is 1.48. The molecule has 0 bridgehead atoms. The van der Waals surface area contributed by atoms with Crippen LogP contribution in [0.4, 0.5) is 13.2 Å². The first-order valence-corrected chi connectivity index (χ1v) is 5.97. The lowest BCUT2D eigenvalue weighted by molar-refractivity contribution is 0.111. The predicted octanol–water partition coefficient (Wildman–Crippen LogP) is 2.54. The summed E-state index contributed by atoms with van der Waals surface area (Å²) in [4.78, 5) is 10.9. The highest BCUT2D eigenvalue weighted by Gasteiger charge is 2.17. The highest BCUT2D eigenvalue weighted by atomic mass is 19.1. The van der Waals surface area contributed by atoms with Gasteiger partial charge in [0.15, 0.2) is 17.8 Å². The van der Waals surface area contributed by atoms with Gasteiger partial charge in [-0.15, -0.1) is 0 Å². The van der Waals surface area contributed by atoms with E-state index in [4.69, 9.17) is 14.2 Å². The van der Waals surface area contributed by atoms with Gasteiger partial charge in [0, 0.05) is 0 Å². The van der Waals surface area contributed by atoms with Gasteiger partial charge in [-0.05, 0) is 12.1 Å². The topological polar surface area (TPSA) is 44.8 Å². The van der Waals surface area contributed by atoms with E-state index in [2.05, 4.69) is 0 Å². The zero-order chi connectivity index (χ0) is 14.8. The van der Waals surface area contributed by atoms with Gasteiger partial charge in [0.25, 0.3) is 0 Å². The van der Waals surface area contributed by atoms with E-state index in [1.807, 2.05) is 0 Å². The molecular formula is C13H15F3O4. The fraction of sp³-hybridized carbons (Fsp3) is 0.462. The number of hydrogen-bond acceptors (Lipinski definition) is 4. The maximum Gasteiger partial charge on any atom is 0.204 e. The molecule has 0 fully saturated rings. The summed E-state index contributed by atoms with van der Waals surface area (Å²) >= 11 is 0. The molecule has 0 aliphatic carbocycles. The fourth-order valence-electron chi connectivity index (χ4n) is 1.48. The summed E-state index contributed by atoms with van der Waals surface area (Å²) in [6.45, 7) is -3.07. The zero-order valence-corrected chi connectivity index (χ0v) is 10.7. The van der Waals surface area contributed by atoms with Crippen molar-refractivity contribution < 1.29 is 32.2 Å². The van der Waals surface area contributed by atoms with Crippen LogP contribution in [0.5, 0.6) is 17.2 Å². The highest BCUT2D eigenvalue weighted by Crippen LogP contribution is 2.39. The molecule has 0 aromatic heterocycles. The smallest absolute Gasteiger partial charge is 0.204 e. The molecule has 4 nitrogen and oxygen atoms in total. The second kappa shape index (κ2) is 9.06. The average Bonchev–Trinajstić information content (AvgIpc) is 2.48. The summed E-state index contributed by atoms with van der Waals surface area (Å²) in [5.41, 5.74) is 0.111. The molecule has 1 aromatic rings. The standard InChI is InChI=1S/C13H15F3O4/c14-3-6-18-11-2-1-10(9-17)12(19-7-4-15)13(11)20-8-5-16/h1-2,9H,3-8H2. The van der Waals surface area contributed by atoms with Crippen molar-refractivity contribution in [2.45, 2.75) is 0 Å². The third-order valence-electron chi connectivity index (χ3n) is 2.22. The van der Waals surface area contributed by atoms with E-state index in [0.717, 1.165) is 0 Å². The van der Waals surface area contributed by atoms with Crippen LogP contribution in [0.3, 0.4) is 0 Å². The van der Waals surface area contributed by atoms with E-state index >= 15 is 0 Å². The molecule has 0 heterocycles. The van der Waals surface area contributed by atoms with Gasteiger partial charge < -0.3 is 14.2 Å². The van der Waals surface area contributed by atoms with E-state index in [0.29, 0.717) is 6.29 Å². The van der Waals surface area contributed by atoms with Crippen molar-refractivity contribution in [1.82, 2.24) is 0 Å². The van der Waals surface area contributed by atoms with E-state index in [1.165, 1.54) is 12.1 Å². The monoisotopic (exact) mass is 292 g/mol. The summed E-state index contributed by atoms with van der Waals surface area (Å²) in [6, 6.07) is 2.76. The quantitative estimate of drug-likeness (QED) is 0.622. The number of ether oxygens (including phenoxy) is 3. The number of alkyl halides is 3. The molecule has 0 aliphatic rings. The molecule has 0 saturated heterocycles. The number of benzene rings is 1. The lowest BCUT2D eigenvalue weighted by atomic mass is 10.2. The summed E-state index contributed by atoms with van der Waals surface area (Å²) in [6.07, 6.45) is 0.495. The van der Waals surface area contributed by atoms with Crippen molar-refractivity contribution in [3.8, 4) is 17.2 Å². The number of hydrogen-bond donors (Lipinski definition) is 0. The first-order valence-electron chi connectivity index (χ1n) is 5.97. The molecule has 0 unspecified atom stereocenters. The Morgan fingerprint density at radius 2 is 1.40 bits per heavy atom. The lowest BCUT2D eigenvalue weighted by Gasteiger charge is -2.17. The molecule has 0 saturated carbocycles. The molecule has 0 spiro atoms. The molecule has 1 rings (SSSR count). The largest absolute Gasteiger partial charge is 0.487 e. The van der Waals surface area contributed by atoms with Crippen LogP contribution in [-0.4, -0.2) is 46.1 Å². The normalized spacial score (nSPS) is 10.2. The van der Waals surface area contributed by atoms with Crippen LogP contribution in [0, 0.1) is 0 Å². The molecule has 20 heavy (non-hydrogen) atoms. The minimum atomic E-state index is -0.767. The van der Waals surface area contributed by atoms with Crippen molar-refractivity contribution in [2.75, 3.05) is 39.8 Å². The highest BCUT2D eigenvalue weighted by molar-refractivity contribution is 5.82. The van der Waals surface area contributed by atoms with E-state index in [9.17, 15) is 18.0 Å². The van der Waals surface area contributed by atoms with Gasteiger partial charge in [-0.25, -0.2) is 13.2 Å². The van der Waals surface area contributed by atoms with Crippen LogP contribution in [0.15, 0.2) is 12.1 Å². The Balaban J connectivity index is 3.12. The Bertz CT molecular complexity index is 426. The Hall–Kier alpha value is -1.92. The number of rotatable bonds is 10. The summed E-state index contributed by atoms with van der Waals surface area (Å²) in [5.74, 6) is 0.0344. The molecule has 1 aromatic carbocycles. The molecule has 7 heteroatoms. The first-order chi connectivity index (χ1) is 9.78. The molecule has 0 radical (unpaired) electrons. The van der Waals surface area contributed by atoms with E-state index < -0.39 is 20.0 Å². The molecular weight excluding hydrogens is 277 g/mol. The second-order valence-corrected chi connectivity index (χ2v) is 3.54. The third-order valence-corrected chi connectivity index (χ3v) is 2.22. The van der Waals surface area contributed by atoms with Crippen molar-refractivity contribution in [3.05, 3.63) is 17.7 Å². The minimum absolute atomic E-state index is 0.0332. The van der Waals surface area contributed by atoms with Gasteiger partial charge in [0.2, 0.25) is 5.75 Å². The van der Waals surface area contributed by atoms with Crippen molar-refractivity contribution in [1.29, 1.82) is 0 Å². The summed E-state index contributed by atoms with van der Waals surface area (Å²) < 4.78 is 51.9. The van der Waals surface area contributed by atoms with Gasteiger partial charge in [-0.2, -0.15) is 0 Å². The Labute approximate surface area is 114 Å². The maximum atomic E-state index is 12.2. The molecule has 0 N–H and O–H groups in total. The van der Waals surface area contributed by atoms with Crippen LogP contribution in [-0.2, 0) is 0 Å². The van der Waals surface area contributed by atoms with Gasteiger partial charge in [0.05, 0.1) is 5.56 Å². The Morgan fingerprint density at radius 1 is 0.850 bits per heavy atom. The van der Waals surface area contributed by atoms with Gasteiger partial charge in [0.1, 0.15) is 39.8 Å². The average molecular weight is 292 g/mol. The number of carbonyl (C=O) groups excluding carboxylic acids is 1. The lowest BCUT2D eigenvalue weighted by Crippen LogP contribution is -2.09. The number of aldehydes is 1. The molecule has 0 amide bonds. The van der Waals surface area contributed by atoms with Crippen LogP contribution >= 0.6 is 0 Å². The van der Waals surface area contributed by atoms with Crippen LogP contribution in [0.1, 0.15) is 10.4 Å². The summed E-state index contributed by atoms with van der Waals surface area (Å²) in [7, 11) is 0. The van der Waals surface area contributed by atoms with Gasteiger partial charge in [-0.1, -0.05) is 0 Å². The van der Waals surface area contributed by atoms with Crippen molar-refractivity contribution in [3.63, 3.8) is 0 Å². The first kappa shape index (κ1) is 16.1. The van der Waals surface area contributed by atoms with Crippen LogP contribution < -0.4 is 14.2 Å². The third kappa shape index (κ3) is 4.32. The summed E-state index contributed by atoms with van der Waals surface area (Å²) in [5, 5.41) is 0. The van der Waals surface area contributed by atoms with Gasteiger partial charge in [-0.3, -0.25) is 4.79 Å². The predicted molar refractivity (Wildman–Crippen MR) is 66.2 cm³/mol. The molecule has 0 atom stereocenters. The van der Waals surface area contributed by atoms with Crippen LogP contribution in [0.2, 0.25) is 0 Å². The van der Waals surface area contributed by atoms with Crippen molar-refractivity contribution in [2.24, 2.45) is 0 Å². The van der Waals surface area contributed by atoms with E-state index in [-0.39, 0.29) is 42.6 Å². The minimum Gasteiger partial charge on any atom is -0.487 e. The van der Waals surface area contributed by atoms with Crippen molar-refractivity contribution >= 4 is 6.29 Å².